The molecule has 0 N–H and O–H groups in total. The number of methoxy groups -OCH3 is 2. The zero-order valence-corrected chi connectivity index (χ0v) is 13.6. The molecule has 0 aliphatic carbocycles. The molecule has 0 amide bonds. The predicted octanol–water partition coefficient (Wildman–Crippen LogP) is 3.96. The third-order valence-corrected chi connectivity index (χ3v) is 3.50. The first-order valence-corrected chi connectivity index (χ1v) is 7.17. The summed E-state index contributed by atoms with van der Waals surface area (Å²) in [6.45, 7) is -0.160. The molecule has 2 aromatic rings. The molecule has 0 heterocycles. The van der Waals surface area contributed by atoms with Gasteiger partial charge in [-0.3, -0.25) is 0 Å². The van der Waals surface area contributed by atoms with Crippen molar-refractivity contribution in [3.8, 4) is 11.5 Å². The minimum atomic E-state index is -0.596. The number of carbonyl (C=O) groups is 1. The average molecular weight is 369 g/mol. The van der Waals surface area contributed by atoms with Crippen LogP contribution in [0.4, 0.5) is 4.39 Å². The SMILES string of the molecule is COc1ccc(C(=O)OCc2ccc(Br)cc2F)c(OC)c1. The second kappa shape index (κ2) is 7.26. The molecule has 0 atom stereocenters. The number of hydrogen-bond donors (Lipinski definition) is 0. The van der Waals surface area contributed by atoms with Crippen molar-refractivity contribution in [3.05, 3.63) is 57.8 Å². The minimum Gasteiger partial charge on any atom is -0.497 e. The summed E-state index contributed by atoms with van der Waals surface area (Å²) in [6, 6.07) is 9.30. The van der Waals surface area contributed by atoms with Gasteiger partial charge in [-0.1, -0.05) is 22.0 Å². The average Bonchev–Trinajstić information content (AvgIpc) is 2.53. The number of rotatable bonds is 5. The van der Waals surface area contributed by atoms with Crippen molar-refractivity contribution < 1.29 is 23.4 Å². The zero-order valence-electron chi connectivity index (χ0n) is 12.1. The van der Waals surface area contributed by atoms with Crippen LogP contribution in [0.3, 0.4) is 0 Å². The number of benzene rings is 2. The summed E-state index contributed by atoms with van der Waals surface area (Å²) >= 11 is 3.17. The highest BCUT2D eigenvalue weighted by atomic mass is 79.9. The molecule has 0 aliphatic rings. The fraction of sp³-hybridized carbons (Fsp3) is 0.188. The van der Waals surface area contributed by atoms with E-state index in [2.05, 4.69) is 15.9 Å². The van der Waals surface area contributed by atoms with Gasteiger partial charge in [-0.2, -0.15) is 0 Å². The summed E-state index contributed by atoms with van der Waals surface area (Å²) in [5.41, 5.74) is 0.546. The molecular formula is C16H14BrFO4. The van der Waals surface area contributed by atoms with E-state index in [1.165, 1.54) is 26.4 Å². The molecule has 6 heteroatoms. The Bertz CT molecular complexity index is 688. The monoisotopic (exact) mass is 368 g/mol. The maximum Gasteiger partial charge on any atom is 0.342 e. The van der Waals surface area contributed by atoms with Crippen molar-refractivity contribution in [1.82, 2.24) is 0 Å². The quantitative estimate of drug-likeness (QED) is 0.749. The molecule has 0 fully saturated rings. The number of ether oxygens (including phenoxy) is 3. The molecule has 0 spiro atoms. The van der Waals surface area contributed by atoms with Gasteiger partial charge in [0.25, 0.3) is 0 Å². The van der Waals surface area contributed by atoms with Crippen LogP contribution in [-0.4, -0.2) is 20.2 Å². The molecule has 0 aromatic heterocycles. The minimum absolute atomic E-state index is 0.160. The maximum absolute atomic E-state index is 13.7. The molecule has 0 unspecified atom stereocenters. The van der Waals surface area contributed by atoms with Crippen molar-refractivity contribution in [2.24, 2.45) is 0 Å². The Labute approximate surface area is 135 Å². The first kappa shape index (κ1) is 16.3. The van der Waals surface area contributed by atoms with E-state index in [1.54, 1.807) is 24.3 Å². The zero-order chi connectivity index (χ0) is 16.1. The van der Waals surface area contributed by atoms with Gasteiger partial charge in [0, 0.05) is 16.1 Å². The lowest BCUT2D eigenvalue weighted by Crippen LogP contribution is -2.08. The number of esters is 1. The Morgan fingerprint density at radius 2 is 1.91 bits per heavy atom. The largest absolute Gasteiger partial charge is 0.497 e. The van der Waals surface area contributed by atoms with Gasteiger partial charge in [0.1, 0.15) is 29.5 Å². The summed E-state index contributed by atoms with van der Waals surface area (Å²) < 4.78 is 29.6. The van der Waals surface area contributed by atoms with Crippen LogP contribution < -0.4 is 9.47 Å². The van der Waals surface area contributed by atoms with Gasteiger partial charge in [-0.05, 0) is 24.3 Å². The van der Waals surface area contributed by atoms with Crippen LogP contribution in [-0.2, 0) is 11.3 Å². The lowest BCUT2D eigenvalue weighted by Gasteiger charge is -2.10. The number of carbonyl (C=O) groups excluding carboxylic acids is 1. The molecule has 4 nitrogen and oxygen atoms in total. The Morgan fingerprint density at radius 1 is 1.14 bits per heavy atom. The highest BCUT2D eigenvalue weighted by Gasteiger charge is 2.15. The van der Waals surface area contributed by atoms with Crippen molar-refractivity contribution in [2.45, 2.75) is 6.61 Å². The molecule has 0 saturated heterocycles. The Kier molecular flexibility index (Phi) is 5.38. The van der Waals surface area contributed by atoms with Gasteiger partial charge in [-0.25, -0.2) is 9.18 Å². The Morgan fingerprint density at radius 3 is 2.55 bits per heavy atom. The molecule has 0 bridgehead atoms. The van der Waals surface area contributed by atoms with Crippen LogP contribution in [0.25, 0.3) is 0 Å². The topological polar surface area (TPSA) is 44.8 Å². The van der Waals surface area contributed by atoms with Gasteiger partial charge in [0.2, 0.25) is 0 Å². The predicted molar refractivity (Wildman–Crippen MR) is 82.8 cm³/mol. The number of halogens is 2. The van der Waals surface area contributed by atoms with E-state index in [4.69, 9.17) is 14.2 Å². The molecule has 0 saturated carbocycles. The van der Waals surface area contributed by atoms with Crippen LogP contribution in [0, 0.1) is 5.82 Å². The Hall–Kier alpha value is -2.08. The van der Waals surface area contributed by atoms with Crippen LogP contribution in [0.5, 0.6) is 11.5 Å². The smallest absolute Gasteiger partial charge is 0.342 e. The standard InChI is InChI=1S/C16H14BrFO4/c1-20-12-5-6-13(15(8-12)21-2)16(19)22-9-10-3-4-11(17)7-14(10)18/h3-8H,9H2,1-2H3. The second-order valence-electron chi connectivity index (χ2n) is 4.38. The van der Waals surface area contributed by atoms with Crippen LogP contribution in [0.1, 0.15) is 15.9 Å². The first-order chi connectivity index (χ1) is 10.5. The van der Waals surface area contributed by atoms with E-state index >= 15 is 0 Å². The fourth-order valence-corrected chi connectivity index (χ4v) is 2.16. The summed E-state index contributed by atoms with van der Waals surface area (Å²) in [4.78, 5) is 12.1. The van der Waals surface area contributed by atoms with E-state index in [9.17, 15) is 9.18 Å². The van der Waals surface area contributed by atoms with Crippen molar-refractivity contribution >= 4 is 21.9 Å². The van der Waals surface area contributed by atoms with Gasteiger partial charge < -0.3 is 14.2 Å². The van der Waals surface area contributed by atoms with E-state index < -0.39 is 11.8 Å². The van der Waals surface area contributed by atoms with Crippen molar-refractivity contribution in [1.29, 1.82) is 0 Å². The van der Waals surface area contributed by atoms with Gasteiger partial charge in [0.15, 0.2) is 0 Å². The third kappa shape index (κ3) is 3.76. The van der Waals surface area contributed by atoms with Gasteiger partial charge in [-0.15, -0.1) is 0 Å². The molecule has 2 aromatic carbocycles. The molecule has 2 rings (SSSR count). The van der Waals surface area contributed by atoms with E-state index in [0.717, 1.165) is 0 Å². The maximum atomic E-state index is 13.7. The second-order valence-corrected chi connectivity index (χ2v) is 5.29. The summed E-state index contributed by atoms with van der Waals surface area (Å²) in [7, 11) is 2.96. The molecule has 0 radical (unpaired) electrons. The van der Waals surface area contributed by atoms with Gasteiger partial charge in [0.05, 0.1) is 14.2 Å². The van der Waals surface area contributed by atoms with E-state index in [0.29, 0.717) is 21.5 Å². The Balaban J connectivity index is 2.12. The lowest BCUT2D eigenvalue weighted by atomic mass is 10.2. The van der Waals surface area contributed by atoms with Crippen molar-refractivity contribution in [3.63, 3.8) is 0 Å². The lowest BCUT2D eigenvalue weighted by molar-refractivity contribution is 0.0465. The molecular weight excluding hydrogens is 355 g/mol. The molecule has 0 aliphatic heterocycles. The highest BCUT2D eigenvalue weighted by molar-refractivity contribution is 9.10. The molecule has 116 valence electrons. The number of hydrogen-bond acceptors (Lipinski definition) is 4. The van der Waals surface area contributed by atoms with Crippen LogP contribution in [0.2, 0.25) is 0 Å². The normalized spacial score (nSPS) is 10.2. The van der Waals surface area contributed by atoms with E-state index in [1.807, 2.05) is 0 Å². The first-order valence-electron chi connectivity index (χ1n) is 6.38. The summed E-state index contributed by atoms with van der Waals surface area (Å²) in [6.07, 6.45) is 0. The van der Waals surface area contributed by atoms with E-state index in [-0.39, 0.29) is 12.2 Å². The van der Waals surface area contributed by atoms with Crippen LogP contribution in [0.15, 0.2) is 40.9 Å². The molecule has 22 heavy (non-hydrogen) atoms. The fourth-order valence-electron chi connectivity index (χ4n) is 1.83. The summed E-state index contributed by atoms with van der Waals surface area (Å²) in [5.74, 6) is -0.140. The summed E-state index contributed by atoms with van der Waals surface area (Å²) in [5, 5.41) is 0. The third-order valence-electron chi connectivity index (χ3n) is 3.00. The van der Waals surface area contributed by atoms with Crippen molar-refractivity contribution in [2.75, 3.05) is 14.2 Å². The van der Waals surface area contributed by atoms with Gasteiger partial charge >= 0.3 is 5.97 Å². The van der Waals surface area contributed by atoms with Crippen LogP contribution >= 0.6 is 15.9 Å². The highest BCUT2D eigenvalue weighted by Crippen LogP contribution is 2.25.